The second-order valence-corrected chi connectivity index (χ2v) is 6.10. The summed E-state index contributed by atoms with van der Waals surface area (Å²) >= 11 is 3.08. The molecule has 112 valence electrons. The summed E-state index contributed by atoms with van der Waals surface area (Å²) in [5.74, 6) is -0.598. The van der Waals surface area contributed by atoms with E-state index < -0.39 is 16.3 Å². The van der Waals surface area contributed by atoms with Gasteiger partial charge in [-0.2, -0.15) is 0 Å². The molecule has 0 radical (unpaired) electrons. The predicted octanol–water partition coefficient (Wildman–Crippen LogP) is 3.19. The maximum absolute atomic E-state index is 14.4. The summed E-state index contributed by atoms with van der Waals surface area (Å²) in [5.41, 5.74) is 5.13. The maximum Gasteiger partial charge on any atom is 0.311 e. The molecule has 0 unspecified atom stereocenters. The second kappa shape index (κ2) is 5.53. The standard InChI is InChI=1S/C13H14BrFN4O2/c1-13(2,6-16)18-12-9(19(20)21)5-17-8-4-3-7(14)11(15)10(8)12/h3-5H,6,16H2,1-2H3,(H,17,18). The third-order valence-corrected chi connectivity index (χ3v) is 3.69. The van der Waals surface area contributed by atoms with Crippen LogP contribution in [0.25, 0.3) is 10.9 Å². The molecule has 0 aliphatic heterocycles. The van der Waals surface area contributed by atoms with Crippen molar-refractivity contribution in [2.24, 2.45) is 5.73 Å². The van der Waals surface area contributed by atoms with Crippen molar-refractivity contribution < 1.29 is 9.31 Å². The van der Waals surface area contributed by atoms with E-state index in [0.717, 1.165) is 6.20 Å². The number of benzene rings is 1. The van der Waals surface area contributed by atoms with Gasteiger partial charge in [0.1, 0.15) is 17.7 Å². The van der Waals surface area contributed by atoms with E-state index in [1.165, 1.54) is 6.07 Å². The number of halogens is 2. The lowest BCUT2D eigenvalue weighted by atomic mass is 10.0. The summed E-state index contributed by atoms with van der Waals surface area (Å²) in [6, 6.07) is 3.10. The molecule has 2 rings (SSSR count). The lowest BCUT2D eigenvalue weighted by Crippen LogP contribution is -2.39. The van der Waals surface area contributed by atoms with Crippen LogP contribution in [0, 0.1) is 15.9 Å². The van der Waals surface area contributed by atoms with Crippen molar-refractivity contribution in [3.8, 4) is 0 Å². The fourth-order valence-electron chi connectivity index (χ4n) is 1.86. The Labute approximate surface area is 128 Å². The normalized spacial score (nSPS) is 11.7. The molecule has 0 atom stereocenters. The van der Waals surface area contributed by atoms with E-state index in [2.05, 4.69) is 26.2 Å². The zero-order valence-corrected chi connectivity index (χ0v) is 13.1. The first kappa shape index (κ1) is 15.6. The Balaban J connectivity index is 2.81. The van der Waals surface area contributed by atoms with Crippen LogP contribution in [0.15, 0.2) is 22.8 Å². The first-order valence-electron chi connectivity index (χ1n) is 6.16. The van der Waals surface area contributed by atoms with E-state index in [4.69, 9.17) is 5.73 Å². The molecule has 1 heterocycles. The monoisotopic (exact) mass is 356 g/mol. The summed E-state index contributed by atoms with van der Waals surface area (Å²) in [7, 11) is 0. The van der Waals surface area contributed by atoms with E-state index in [1.54, 1.807) is 19.9 Å². The van der Waals surface area contributed by atoms with E-state index in [0.29, 0.717) is 5.52 Å². The van der Waals surface area contributed by atoms with Gasteiger partial charge < -0.3 is 11.1 Å². The van der Waals surface area contributed by atoms with Gasteiger partial charge in [-0.05, 0) is 41.9 Å². The average molecular weight is 357 g/mol. The zero-order valence-electron chi connectivity index (χ0n) is 11.5. The first-order valence-corrected chi connectivity index (χ1v) is 6.95. The number of rotatable bonds is 4. The van der Waals surface area contributed by atoms with Gasteiger partial charge >= 0.3 is 5.69 Å². The molecule has 2 aromatic rings. The highest BCUT2D eigenvalue weighted by Gasteiger charge is 2.26. The molecule has 0 aliphatic rings. The first-order chi connectivity index (χ1) is 9.76. The Bertz CT molecular complexity index is 721. The van der Waals surface area contributed by atoms with Crippen molar-refractivity contribution in [3.63, 3.8) is 0 Å². The number of hydrogen-bond donors (Lipinski definition) is 2. The average Bonchev–Trinajstić information content (AvgIpc) is 2.42. The molecule has 21 heavy (non-hydrogen) atoms. The Morgan fingerprint density at radius 3 is 2.76 bits per heavy atom. The van der Waals surface area contributed by atoms with Gasteiger partial charge in [0, 0.05) is 12.1 Å². The molecular weight excluding hydrogens is 343 g/mol. The molecule has 1 aromatic heterocycles. The highest BCUT2D eigenvalue weighted by Crippen LogP contribution is 2.37. The van der Waals surface area contributed by atoms with Crippen molar-refractivity contribution in [3.05, 3.63) is 38.7 Å². The molecule has 0 bridgehead atoms. The van der Waals surface area contributed by atoms with Crippen molar-refractivity contribution in [1.29, 1.82) is 0 Å². The van der Waals surface area contributed by atoms with Crippen molar-refractivity contribution >= 4 is 38.2 Å². The molecule has 0 fully saturated rings. The van der Waals surface area contributed by atoms with Crippen LogP contribution in [0.2, 0.25) is 0 Å². The number of hydrogen-bond acceptors (Lipinski definition) is 5. The van der Waals surface area contributed by atoms with Crippen LogP contribution in [0.5, 0.6) is 0 Å². The number of nitrogens with zero attached hydrogens (tertiary/aromatic N) is 2. The molecule has 0 amide bonds. The quantitative estimate of drug-likeness (QED) is 0.647. The molecule has 0 spiro atoms. The summed E-state index contributed by atoms with van der Waals surface area (Å²) in [6.07, 6.45) is 1.12. The summed E-state index contributed by atoms with van der Waals surface area (Å²) in [5, 5.41) is 14.2. The fraction of sp³-hybridized carbons (Fsp3) is 0.308. The lowest BCUT2D eigenvalue weighted by molar-refractivity contribution is -0.384. The van der Waals surface area contributed by atoms with Gasteiger partial charge in [-0.1, -0.05) is 0 Å². The van der Waals surface area contributed by atoms with E-state index in [1.807, 2.05) is 0 Å². The Kier molecular flexibility index (Phi) is 4.11. The number of nitrogens with one attached hydrogen (secondary N) is 1. The minimum Gasteiger partial charge on any atom is -0.373 e. The van der Waals surface area contributed by atoms with Crippen molar-refractivity contribution in [2.75, 3.05) is 11.9 Å². The smallest absolute Gasteiger partial charge is 0.311 e. The van der Waals surface area contributed by atoms with Crippen molar-refractivity contribution in [2.45, 2.75) is 19.4 Å². The topological polar surface area (TPSA) is 94.1 Å². The van der Waals surface area contributed by atoms with Gasteiger partial charge in [0.2, 0.25) is 0 Å². The van der Waals surface area contributed by atoms with Crippen LogP contribution in [-0.2, 0) is 0 Å². The van der Waals surface area contributed by atoms with Gasteiger partial charge in [0.25, 0.3) is 0 Å². The predicted molar refractivity (Wildman–Crippen MR) is 82.8 cm³/mol. The molecule has 0 aliphatic carbocycles. The number of fused-ring (bicyclic) bond motifs is 1. The van der Waals surface area contributed by atoms with Gasteiger partial charge in [-0.3, -0.25) is 10.1 Å². The number of nitrogens with two attached hydrogens (primary N) is 1. The van der Waals surface area contributed by atoms with Crippen LogP contribution in [0.4, 0.5) is 15.8 Å². The number of anilines is 1. The summed E-state index contributed by atoms with van der Waals surface area (Å²) in [6.45, 7) is 3.78. The molecule has 0 saturated carbocycles. The number of aromatic nitrogens is 1. The van der Waals surface area contributed by atoms with Gasteiger partial charge in [0.15, 0.2) is 0 Å². The second-order valence-electron chi connectivity index (χ2n) is 5.24. The SMILES string of the molecule is CC(C)(CN)Nc1c([N+](=O)[O-])cnc2ccc(Br)c(F)c12. The third-order valence-electron chi connectivity index (χ3n) is 3.08. The van der Waals surface area contributed by atoms with E-state index >= 15 is 0 Å². The molecule has 1 aromatic carbocycles. The summed E-state index contributed by atoms with van der Waals surface area (Å²) in [4.78, 5) is 14.5. The lowest BCUT2D eigenvalue weighted by Gasteiger charge is -2.26. The fourth-order valence-corrected chi connectivity index (χ4v) is 2.19. The molecule has 0 saturated heterocycles. The van der Waals surface area contributed by atoms with E-state index in [-0.39, 0.29) is 27.8 Å². The summed E-state index contributed by atoms with van der Waals surface area (Å²) < 4.78 is 14.6. The van der Waals surface area contributed by atoms with Crippen molar-refractivity contribution in [1.82, 2.24) is 4.98 Å². The number of pyridine rings is 1. The molecule has 8 heteroatoms. The van der Waals surface area contributed by atoms with Crippen LogP contribution < -0.4 is 11.1 Å². The van der Waals surface area contributed by atoms with Gasteiger partial charge in [-0.25, -0.2) is 9.37 Å². The Morgan fingerprint density at radius 1 is 1.52 bits per heavy atom. The molecule has 6 nitrogen and oxygen atoms in total. The van der Waals surface area contributed by atoms with Crippen LogP contribution >= 0.6 is 15.9 Å². The molecule has 3 N–H and O–H groups in total. The maximum atomic E-state index is 14.4. The van der Waals surface area contributed by atoms with E-state index in [9.17, 15) is 14.5 Å². The zero-order chi connectivity index (χ0) is 15.8. The minimum atomic E-state index is -0.631. The number of nitro groups is 1. The Hall–Kier alpha value is -1.80. The largest absolute Gasteiger partial charge is 0.373 e. The van der Waals surface area contributed by atoms with Gasteiger partial charge in [0.05, 0.1) is 20.3 Å². The Morgan fingerprint density at radius 2 is 2.19 bits per heavy atom. The van der Waals surface area contributed by atoms with Crippen LogP contribution in [0.1, 0.15) is 13.8 Å². The van der Waals surface area contributed by atoms with Crippen LogP contribution in [0.3, 0.4) is 0 Å². The highest BCUT2D eigenvalue weighted by atomic mass is 79.9. The minimum absolute atomic E-state index is 0.0695. The highest BCUT2D eigenvalue weighted by molar-refractivity contribution is 9.10. The van der Waals surface area contributed by atoms with Crippen LogP contribution in [-0.4, -0.2) is 22.0 Å². The van der Waals surface area contributed by atoms with Gasteiger partial charge in [-0.15, -0.1) is 0 Å². The third kappa shape index (κ3) is 2.96. The molecular formula is C13H14BrFN4O2.